The van der Waals surface area contributed by atoms with Crippen molar-refractivity contribution in [3.8, 4) is 0 Å². The standard InChI is InChI=1S/C21H39ClO5/c1-3-4-5-6-9-12-15-19(27-21(25)17-22)18(23)14-11-8-7-10-13-16-20(24)26-2/h18-19,23H,3-17H2,1-2H3. The first-order valence-corrected chi connectivity index (χ1v) is 11.1. The number of hydrogen-bond donors (Lipinski definition) is 1. The van der Waals surface area contributed by atoms with Crippen LogP contribution in [-0.2, 0) is 19.1 Å². The summed E-state index contributed by atoms with van der Waals surface area (Å²) >= 11 is 5.54. The van der Waals surface area contributed by atoms with Crippen molar-refractivity contribution in [2.45, 2.75) is 109 Å². The van der Waals surface area contributed by atoms with Crippen LogP contribution in [0.4, 0.5) is 0 Å². The predicted octanol–water partition coefficient (Wildman–Crippen LogP) is 5.15. The molecule has 0 spiro atoms. The number of ether oxygens (including phenoxy) is 2. The summed E-state index contributed by atoms with van der Waals surface area (Å²) in [6, 6.07) is 0. The van der Waals surface area contributed by atoms with Crippen molar-refractivity contribution in [1.29, 1.82) is 0 Å². The van der Waals surface area contributed by atoms with Crippen molar-refractivity contribution in [3.63, 3.8) is 0 Å². The molecule has 0 bridgehead atoms. The lowest BCUT2D eigenvalue weighted by atomic mass is 9.99. The predicted molar refractivity (Wildman–Crippen MR) is 109 cm³/mol. The van der Waals surface area contributed by atoms with Gasteiger partial charge in [0, 0.05) is 6.42 Å². The Morgan fingerprint density at radius 3 is 2.00 bits per heavy atom. The van der Waals surface area contributed by atoms with Crippen LogP contribution >= 0.6 is 11.6 Å². The number of rotatable bonds is 18. The molecule has 0 saturated carbocycles. The summed E-state index contributed by atoms with van der Waals surface area (Å²) in [4.78, 5) is 22.6. The first-order chi connectivity index (χ1) is 13.0. The molecule has 0 saturated heterocycles. The number of unbranched alkanes of at least 4 members (excludes halogenated alkanes) is 9. The highest BCUT2D eigenvalue weighted by Crippen LogP contribution is 2.18. The van der Waals surface area contributed by atoms with Crippen LogP contribution in [0.1, 0.15) is 96.8 Å². The maximum atomic E-state index is 11.5. The van der Waals surface area contributed by atoms with Gasteiger partial charge in [-0.1, -0.05) is 64.7 Å². The van der Waals surface area contributed by atoms with Gasteiger partial charge in [-0.15, -0.1) is 11.6 Å². The summed E-state index contributed by atoms with van der Waals surface area (Å²) in [5, 5.41) is 10.4. The molecule has 27 heavy (non-hydrogen) atoms. The molecule has 5 nitrogen and oxygen atoms in total. The molecule has 0 rings (SSSR count). The van der Waals surface area contributed by atoms with E-state index in [9.17, 15) is 14.7 Å². The van der Waals surface area contributed by atoms with Crippen LogP contribution in [0.3, 0.4) is 0 Å². The third kappa shape index (κ3) is 15.9. The number of methoxy groups -OCH3 is 1. The molecular formula is C21H39ClO5. The first-order valence-electron chi connectivity index (χ1n) is 10.5. The van der Waals surface area contributed by atoms with Crippen molar-refractivity contribution in [1.82, 2.24) is 0 Å². The molecule has 0 aromatic rings. The van der Waals surface area contributed by atoms with Gasteiger partial charge in [-0.3, -0.25) is 9.59 Å². The number of alkyl halides is 1. The van der Waals surface area contributed by atoms with Crippen LogP contribution in [0.2, 0.25) is 0 Å². The molecule has 6 heteroatoms. The molecular weight excluding hydrogens is 368 g/mol. The molecule has 0 aromatic carbocycles. The Morgan fingerprint density at radius 1 is 0.852 bits per heavy atom. The van der Waals surface area contributed by atoms with E-state index in [1.54, 1.807) is 0 Å². The van der Waals surface area contributed by atoms with Crippen LogP contribution in [-0.4, -0.2) is 42.2 Å². The van der Waals surface area contributed by atoms with Gasteiger partial charge in [-0.25, -0.2) is 0 Å². The lowest BCUT2D eigenvalue weighted by molar-refractivity contribution is -0.152. The molecule has 2 unspecified atom stereocenters. The van der Waals surface area contributed by atoms with E-state index < -0.39 is 18.2 Å². The summed E-state index contributed by atoms with van der Waals surface area (Å²) in [5.74, 6) is -0.807. The Hall–Kier alpha value is -0.810. The van der Waals surface area contributed by atoms with E-state index in [0.29, 0.717) is 19.3 Å². The van der Waals surface area contributed by atoms with Gasteiger partial charge >= 0.3 is 11.9 Å². The molecule has 0 fully saturated rings. The van der Waals surface area contributed by atoms with Gasteiger partial charge < -0.3 is 14.6 Å². The van der Waals surface area contributed by atoms with Gasteiger partial charge in [0.05, 0.1) is 13.2 Å². The van der Waals surface area contributed by atoms with Crippen LogP contribution < -0.4 is 0 Å². The number of carbonyl (C=O) groups excluding carboxylic acids is 2. The van der Waals surface area contributed by atoms with E-state index in [-0.39, 0.29) is 11.8 Å². The molecule has 0 heterocycles. The Labute approximate surface area is 170 Å². The Balaban J connectivity index is 3.99. The molecule has 0 amide bonds. The van der Waals surface area contributed by atoms with Crippen molar-refractivity contribution < 1.29 is 24.2 Å². The molecule has 160 valence electrons. The van der Waals surface area contributed by atoms with E-state index in [0.717, 1.165) is 44.9 Å². The number of aliphatic hydroxyl groups excluding tert-OH is 1. The van der Waals surface area contributed by atoms with Crippen molar-refractivity contribution in [3.05, 3.63) is 0 Å². The quantitative estimate of drug-likeness (QED) is 0.193. The number of hydrogen-bond acceptors (Lipinski definition) is 5. The Bertz CT molecular complexity index is 376. The van der Waals surface area contributed by atoms with Crippen LogP contribution in [0.5, 0.6) is 0 Å². The molecule has 2 atom stereocenters. The van der Waals surface area contributed by atoms with Gasteiger partial charge in [0.15, 0.2) is 0 Å². The summed E-state index contributed by atoms with van der Waals surface area (Å²) in [5.41, 5.74) is 0. The minimum Gasteiger partial charge on any atom is -0.469 e. The molecule has 0 aliphatic carbocycles. The van der Waals surface area contributed by atoms with Crippen molar-refractivity contribution >= 4 is 23.5 Å². The van der Waals surface area contributed by atoms with E-state index in [2.05, 4.69) is 11.7 Å². The number of carbonyl (C=O) groups is 2. The van der Waals surface area contributed by atoms with Crippen molar-refractivity contribution in [2.75, 3.05) is 13.0 Å². The van der Waals surface area contributed by atoms with Crippen LogP contribution in [0, 0.1) is 0 Å². The monoisotopic (exact) mass is 406 g/mol. The maximum Gasteiger partial charge on any atom is 0.321 e. The molecule has 0 radical (unpaired) electrons. The largest absolute Gasteiger partial charge is 0.469 e. The van der Waals surface area contributed by atoms with E-state index in [1.165, 1.54) is 32.8 Å². The van der Waals surface area contributed by atoms with E-state index >= 15 is 0 Å². The molecule has 0 aromatic heterocycles. The minimum atomic E-state index is -0.636. The number of aliphatic hydroxyl groups is 1. The summed E-state index contributed by atoms with van der Waals surface area (Å²) in [6.07, 6.45) is 12.3. The zero-order chi connectivity index (χ0) is 20.3. The third-order valence-electron chi connectivity index (χ3n) is 4.77. The van der Waals surface area contributed by atoms with E-state index in [1.807, 2.05) is 0 Å². The fourth-order valence-electron chi connectivity index (χ4n) is 3.10. The van der Waals surface area contributed by atoms with Gasteiger partial charge in [0.2, 0.25) is 0 Å². The molecule has 0 aliphatic rings. The Morgan fingerprint density at radius 2 is 1.41 bits per heavy atom. The number of halogens is 1. The molecule has 1 N–H and O–H groups in total. The van der Waals surface area contributed by atoms with Gasteiger partial charge in [-0.2, -0.15) is 0 Å². The highest BCUT2D eigenvalue weighted by atomic mass is 35.5. The average Bonchev–Trinajstić information content (AvgIpc) is 2.68. The lowest BCUT2D eigenvalue weighted by Gasteiger charge is -2.23. The van der Waals surface area contributed by atoms with E-state index in [4.69, 9.17) is 16.3 Å². The smallest absolute Gasteiger partial charge is 0.321 e. The normalized spacial score (nSPS) is 13.2. The van der Waals surface area contributed by atoms with Gasteiger partial charge in [-0.05, 0) is 25.7 Å². The highest BCUT2D eigenvalue weighted by molar-refractivity contribution is 6.26. The van der Waals surface area contributed by atoms with Crippen molar-refractivity contribution in [2.24, 2.45) is 0 Å². The lowest BCUT2D eigenvalue weighted by Crippen LogP contribution is -2.32. The highest BCUT2D eigenvalue weighted by Gasteiger charge is 2.22. The fraction of sp³-hybridized carbons (Fsp3) is 0.905. The van der Waals surface area contributed by atoms with Crippen LogP contribution in [0.15, 0.2) is 0 Å². The Kier molecular flexibility index (Phi) is 18.0. The zero-order valence-corrected chi connectivity index (χ0v) is 18.0. The second kappa shape index (κ2) is 18.5. The summed E-state index contributed by atoms with van der Waals surface area (Å²) < 4.78 is 9.96. The zero-order valence-electron chi connectivity index (χ0n) is 17.2. The second-order valence-electron chi connectivity index (χ2n) is 7.17. The number of esters is 2. The second-order valence-corrected chi connectivity index (χ2v) is 7.44. The first kappa shape index (κ1) is 26.2. The fourth-order valence-corrected chi connectivity index (χ4v) is 3.16. The minimum absolute atomic E-state index is 0.163. The average molecular weight is 407 g/mol. The third-order valence-corrected chi connectivity index (χ3v) is 4.99. The maximum absolute atomic E-state index is 11.5. The topological polar surface area (TPSA) is 72.8 Å². The summed E-state index contributed by atoms with van der Waals surface area (Å²) in [7, 11) is 1.41. The van der Waals surface area contributed by atoms with Gasteiger partial charge in [0.1, 0.15) is 12.0 Å². The summed E-state index contributed by atoms with van der Waals surface area (Å²) in [6.45, 7) is 2.19. The van der Waals surface area contributed by atoms with Gasteiger partial charge in [0.25, 0.3) is 0 Å². The SMILES string of the molecule is CCCCCCCCC(OC(=O)CCl)C(O)CCCCCCCC(=O)OC. The molecule has 0 aliphatic heterocycles. The van der Waals surface area contributed by atoms with Crippen LogP contribution in [0.25, 0.3) is 0 Å².